The highest BCUT2D eigenvalue weighted by atomic mass is 15.2. The molecule has 1 saturated heterocycles. The Balaban J connectivity index is 2.02. The molecule has 1 aliphatic heterocycles. The van der Waals surface area contributed by atoms with Crippen LogP contribution >= 0.6 is 0 Å². The zero-order valence-corrected chi connectivity index (χ0v) is 9.71. The van der Waals surface area contributed by atoms with Gasteiger partial charge in [0.1, 0.15) is 0 Å². The van der Waals surface area contributed by atoms with Crippen LogP contribution < -0.4 is 5.73 Å². The van der Waals surface area contributed by atoms with E-state index in [0.717, 1.165) is 6.54 Å². The average molecular weight is 199 g/mol. The molecule has 3 heteroatoms. The first-order valence-corrected chi connectivity index (χ1v) is 5.86. The third-order valence-corrected chi connectivity index (χ3v) is 3.28. The maximum Gasteiger partial charge on any atom is 0.0187 e. The van der Waals surface area contributed by atoms with Gasteiger partial charge in [0.05, 0.1) is 0 Å². The van der Waals surface area contributed by atoms with Gasteiger partial charge in [-0.1, -0.05) is 0 Å². The molecule has 1 atom stereocenters. The number of likely N-dealkylation sites (N-methyl/N-ethyl adjacent to an activating group) is 1. The lowest BCUT2D eigenvalue weighted by Gasteiger charge is -2.24. The molecule has 0 aromatic rings. The van der Waals surface area contributed by atoms with Crippen LogP contribution in [-0.2, 0) is 0 Å². The van der Waals surface area contributed by atoms with Gasteiger partial charge in [-0.2, -0.15) is 0 Å². The Hall–Kier alpha value is -0.120. The number of hydrogen-bond acceptors (Lipinski definition) is 3. The molecule has 1 aliphatic rings. The SMILES string of the molecule is CC(CN)N(C)CCCN1CCCC1. The summed E-state index contributed by atoms with van der Waals surface area (Å²) >= 11 is 0. The van der Waals surface area contributed by atoms with Crippen molar-refractivity contribution in [3.05, 3.63) is 0 Å². The zero-order chi connectivity index (χ0) is 10.4. The van der Waals surface area contributed by atoms with Crippen LogP contribution in [0.15, 0.2) is 0 Å². The van der Waals surface area contributed by atoms with E-state index in [-0.39, 0.29) is 0 Å². The molecule has 0 saturated carbocycles. The predicted molar refractivity (Wildman–Crippen MR) is 61.4 cm³/mol. The molecule has 0 spiro atoms. The zero-order valence-electron chi connectivity index (χ0n) is 9.71. The third kappa shape index (κ3) is 3.95. The molecule has 1 unspecified atom stereocenters. The van der Waals surface area contributed by atoms with Gasteiger partial charge in [0.2, 0.25) is 0 Å². The Morgan fingerprint density at radius 3 is 2.57 bits per heavy atom. The third-order valence-electron chi connectivity index (χ3n) is 3.28. The molecular weight excluding hydrogens is 174 g/mol. The summed E-state index contributed by atoms with van der Waals surface area (Å²) < 4.78 is 0. The van der Waals surface area contributed by atoms with E-state index in [4.69, 9.17) is 5.73 Å². The van der Waals surface area contributed by atoms with E-state index in [0.29, 0.717) is 6.04 Å². The molecule has 0 aliphatic carbocycles. The quantitative estimate of drug-likeness (QED) is 0.685. The van der Waals surface area contributed by atoms with Gasteiger partial charge in [0.25, 0.3) is 0 Å². The molecule has 84 valence electrons. The van der Waals surface area contributed by atoms with Crippen molar-refractivity contribution >= 4 is 0 Å². The highest BCUT2D eigenvalue weighted by molar-refractivity contribution is 4.68. The number of nitrogens with zero attached hydrogens (tertiary/aromatic N) is 2. The minimum atomic E-state index is 0.522. The van der Waals surface area contributed by atoms with Crippen molar-refractivity contribution in [2.45, 2.75) is 32.2 Å². The fraction of sp³-hybridized carbons (Fsp3) is 1.00. The van der Waals surface area contributed by atoms with Crippen molar-refractivity contribution in [3.8, 4) is 0 Å². The maximum atomic E-state index is 5.61. The number of nitrogens with two attached hydrogens (primary N) is 1. The summed E-state index contributed by atoms with van der Waals surface area (Å²) in [6, 6.07) is 0.522. The lowest BCUT2D eigenvalue weighted by molar-refractivity contribution is 0.237. The molecular formula is C11H25N3. The first-order valence-electron chi connectivity index (χ1n) is 5.86. The number of hydrogen-bond donors (Lipinski definition) is 1. The van der Waals surface area contributed by atoms with E-state index in [9.17, 15) is 0 Å². The van der Waals surface area contributed by atoms with Crippen molar-refractivity contribution in [1.29, 1.82) is 0 Å². The first-order chi connectivity index (χ1) is 6.74. The monoisotopic (exact) mass is 199 g/mol. The molecule has 0 bridgehead atoms. The second kappa shape index (κ2) is 6.38. The summed E-state index contributed by atoms with van der Waals surface area (Å²) in [5.74, 6) is 0. The van der Waals surface area contributed by atoms with E-state index in [1.807, 2.05) is 0 Å². The van der Waals surface area contributed by atoms with Gasteiger partial charge in [0, 0.05) is 12.6 Å². The molecule has 0 aromatic carbocycles. The lowest BCUT2D eigenvalue weighted by Crippen LogP contribution is -2.37. The van der Waals surface area contributed by atoms with Gasteiger partial charge in [-0.25, -0.2) is 0 Å². The molecule has 14 heavy (non-hydrogen) atoms. The van der Waals surface area contributed by atoms with Gasteiger partial charge >= 0.3 is 0 Å². The Kier molecular flexibility index (Phi) is 5.45. The van der Waals surface area contributed by atoms with Crippen LogP contribution in [0.3, 0.4) is 0 Å². The minimum Gasteiger partial charge on any atom is -0.329 e. The van der Waals surface area contributed by atoms with Crippen molar-refractivity contribution in [1.82, 2.24) is 9.80 Å². The summed E-state index contributed by atoms with van der Waals surface area (Å²) in [5, 5.41) is 0. The molecule has 3 nitrogen and oxygen atoms in total. The Bertz CT molecular complexity index is 143. The molecule has 2 N–H and O–H groups in total. The predicted octanol–water partition coefficient (Wildman–Crippen LogP) is 0.751. The van der Waals surface area contributed by atoms with Crippen LogP contribution in [0.25, 0.3) is 0 Å². The molecule has 1 heterocycles. The minimum absolute atomic E-state index is 0.522. The summed E-state index contributed by atoms with van der Waals surface area (Å²) in [7, 11) is 2.17. The van der Waals surface area contributed by atoms with Crippen LogP contribution in [0.5, 0.6) is 0 Å². The second-order valence-electron chi connectivity index (χ2n) is 4.47. The topological polar surface area (TPSA) is 32.5 Å². The largest absolute Gasteiger partial charge is 0.329 e. The van der Waals surface area contributed by atoms with Crippen LogP contribution in [-0.4, -0.2) is 55.6 Å². The lowest BCUT2D eigenvalue weighted by atomic mass is 10.2. The molecule has 0 aromatic heterocycles. The van der Waals surface area contributed by atoms with Gasteiger partial charge in [-0.05, 0) is 59.4 Å². The Morgan fingerprint density at radius 1 is 1.36 bits per heavy atom. The standard InChI is InChI=1S/C11H25N3/c1-11(10-12)13(2)6-5-9-14-7-3-4-8-14/h11H,3-10,12H2,1-2H3. The molecule has 0 amide bonds. The summed E-state index contributed by atoms with van der Waals surface area (Å²) in [5.41, 5.74) is 5.61. The molecule has 1 rings (SSSR count). The Labute approximate surface area is 88.2 Å². The molecule has 0 radical (unpaired) electrons. The van der Waals surface area contributed by atoms with E-state index in [1.54, 1.807) is 0 Å². The van der Waals surface area contributed by atoms with Crippen molar-refractivity contribution in [2.24, 2.45) is 5.73 Å². The fourth-order valence-electron chi connectivity index (χ4n) is 1.95. The normalized spacial score (nSPS) is 20.6. The Morgan fingerprint density at radius 2 is 2.00 bits per heavy atom. The summed E-state index contributed by atoms with van der Waals surface area (Å²) in [6.45, 7) is 8.03. The highest BCUT2D eigenvalue weighted by Gasteiger charge is 2.11. The first kappa shape index (κ1) is 12.0. The fourth-order valence-corrected chi connectivity index (χ4v) is 1.95. The average Bonchev–Trinajstić information content (AvgIpc) is 2.69. The van der Waals surface area contributed by atoms with Gasteiger partial charge < -0.3 is 15.5 Å². The summed E-state index contributed by atoms with van der Waals surface area (Å²) in [6.07, 6.45) is 4.07. The maximum absolute atomic E-state index is 5.61. The number of likely N-dealkylation sites (tertiary alicyclic amines) is 1. The van der Waals surface area contributed by atoms with E-state index in [1.165, 1.54) is 45.4 Å². The van der Waals surface area contributed by atoms with E-state index >= 15 is 0 Å². The summed E-state index contributed by atoms with van der Waals surface area (Å²) in [4.78, 5) is 4.93. The second-order valence-corrected chi connectivity index (χ2v) is 4.47. The van der Waals surface area contributed by atoms with Crippen molar-refractivity contribution in [2.75, 3.05) is 39.8 Å². The van der Waals surface area contributed by atoms with E-state index in [2.05, 4.69) is 23.8 Å². The van der Waals surface area contributed by atoms with Crippen molar-refractivity contribution in [3.63, 3.8) is 0 Å². The van der Waals surface area contributed by atoms with Crippen molar-refractivity contribution < 1.29 is 0 Å². The van der Waals surface area contributed by atoms with Crippen LogP contribution in [0.2, 0.25) is 0 Å². The van der Waals surface area contributed by atoms with Gasteiger partial charge in [0.15, 0.2) is 0 Å². The smallest absolute Gasteiger partial charge is 0.0187 e. The molecule has 1 fully saturated rings. The van der Waals surface area contributed by atoms with Gasteiger partial charge in [-0.15, -0.1) is 0 Å². The highest BCUT2D eigenvalue weighted by Crippen LogP contribution is 2.07. The van der Waals surface area contributed by atoms with E-state index < -0.39 is 0 Å². The van der Waals surface area contributed by atoms with Crippen LogP contribution in [0.1, 0.15) is 26.2 Å². The van der Waals surface area contributed by atoms with Crippen LogP contribution in [0, 0.1) is 0 Å². The number of rotatable bonds is 6. The van der Waals surface area contributed by atoms with Gasteiger partial charge in [-0.3, -0.25) is 0 Å². The van der Waals surface area contributed by atoms with Crippen LogP contribution in [0.4, 0.5) is 0 Å².